The summed E-state index contributed by atoms with van der Waals surface area (Å²) in [5.41, 5.74) is 0. The molecule has 2 bridgehead atoms. The fourth-order valence-corrected chi connectivity index (χ4v) is 2.41. The average molecular weight is 150 g/mol. The summed E-state index contributed by atoms with van der Waals surface area (Å²) in [4.78, 5) is 11.4. The summed E-state index contributed by atoms with van der Waals surface area (Å²) in [5, 5.41) is 0. The predicted molar refractivity (Wildman–Crippen MR) is 44.1 cm³/mol. The van der Waals surface area contributed by atoms with Crippen LogP contribution >= 0.6 is 0 Å². The van der Waals surface area contributed by atoms with Gasteiger partial charge in [-0.2, -0.15) is 0 Å². The van der Waals surface area contributed by atoms with Gasteiger partial charge in [0.05, 0.1) is 0 Å². The molecule has 1 nitrogen and oxygen atoms in total. The van der Waals surface area contributed by atoms with Crippen molar-refractivity contribution in [2.24, 2.45) is 17.8 Å². The lowest BCUT2D eigenvalue weighted by Crippen LogP contribution is -2.17. The van der Waals surface area contributed by atoms with Gasteiger partial charge in [-0.1, -0.05) is 19.1 Å². The summed E-state index contributed by atoms with van der Waals surface area (Å²) >= 11 is 0. The van der Waals surface area contributed by atoms with Crippen LogP contribution < -0.4 is 0 Å². The van der Waals surface area contributed by atoms with E-state index in [0.717, 1.165) is 18.8 Å². The molecule has 0 aliphatic heterocycles. The molecule has 0 aromatic carbocycles. The first-order valence-corrected chi connectivity index (χ1v) is 4.52. The van der Waals surface area contributed by atoms with Gasteiger partial charge >= 0.3 is 0 Å². The van der Waals surface area contributed by atoms with E-state index in [2.05, 4.69) is 12.2 Å². The molecule has 2 rings (SSSR count). The lowest BCUT2D eigenvalue weighted by molar-refractivity contribution is -0.123. The average Bonchev–Trinajstić information content (AvgIpc) is 2.62. The number of allylic oxidation sites excluding steroid dienone is 2. The van der Waals surface area contributed by atoms with Crippen molar-refractivity contribution in [1.29, 1.82) is 0 Å². The minimum Gasteiger partial charge on any atom is -0.299 e. The van der Waals surface area contributed by atoms with E-state index in [-0.39, 0.29) is 0 Å². The highest BCUT2D eigenvalue weighted by molar-refractivity contribution is 5.81. The SMILES string of the molecule is CCC(=O)[C@H]1C[C@@H]2C=C[C@H]1C2. The predicted octanol–water partition coefficient (Wildman–Crippen LogP) is 2.18. The lowest BCUT2D eigenvalue weighted by Gasteiger charge is -2.14. The van der Waals surface area contributed by atoms with E-state index in [9.17, 15) is 4.79 Å². The molecule has 0 radical (unpaired) electrons. The van der Waals surface area contributed by atoms with Gasteiger partial charge in [-0.05, 0) is 24.7 Å². The summed E-state index contributed by atoms with van der Waals surface area (Å²) in [6, 6.07) is 0. The van der Waals surface area contributed by atoms with Gasteiger partial charge in [0.15, 0.2) is 0 Å². The van der Waals surface area contributed by atoms with Gasteiger partial charge in [0.2, 0.25) is 0 Å². The van der Waals surface area contributed by atoms with Gasteiger partial charge < -0.3 is 0 Å². The van der Waals surface area contributed by atoms with Crippen molar-refractivity contribution in [3.8, 4) is 0 Å². The smallest absolute Gasteiger partial charge is 0.136 e. The summed E-state index contributed by atoms with van der Waals surface area (Å²) in [5.74, 6) is 2.20. The summed E-state index contributed by atoms with van der Waals surface area (Å²) in [6.07, 6.45) is 7.63. The van der Waals surface area contributed by atoms with Crippen molar-refractivity contribution >= 4 is 5.78 Å². The zero-order valence-corrected chi connectivity index (χ0v) is 6.92. The Kier molecular flexibility index (Phi) is 1.59. The zero-order valence-electron chi connectivity index (χ0n) is 6.92. The molecular formula is C10H14O. The first-order chi connectivity index (χ1) is 5.31. The van der Waals surface area contributed by atoms with Gasteiger partial charge in [-0.3, -0.25) is 4.79 Å². The molecule has 0 unspecified atom stereocenters. The van der Waals surface area contributed by atoms with Crippen LogP contribution in [0.5, 0.6) is 0 Å². The first-order valence-electron chi connectivity index (χ1n) is 4.52. The summed E-state index contributed by atoms with van der Waals surface area (Å²) in [7, 11) is 0. The van der Waals surface area contributed by atoms with Crippen LogP contribution in [0.4, 0.5) is 0 Å². The zero-order chi connectivity index (χ0) is 7.84. The number of hydrogen-bond acceptors (Lipinski definition) is 1. The van der Waals surface area contributed by atoms with Crippen molar-refractivity contribution < 1.29 is 4.79 Å². The largest absolute Gasteiger partial charge is 0.299 e. The Balaban J connectivity index is 2.08. The number of Topliss-reactive ketones (excluding diaryl/α,β-unsaturated/α-hetero) is 1. The van der Waals surface area contributed by atoms with Crippen LogP contribution in [0.25, 0.3) is 0 Å². The van der Waals surface area contributed by atoms with Crippen LogP contribution in [0.15, 0.2) is 12.2 Å². The van der Waals surface area contributed by atoms with Crippen LogP contribution in [0.2, 0.25) is 0 Å². The molecule has 11 heavy (non-hydrogen) atoms. The van der Waals surface area contributed by atoms with E-state index >= 15 is 0 Å². The highest BCUT2D eigenvalue weighted by Gasteiger charge is 2.38. The molecule has 60 valence electrons. The fraction of sp³-hybridized carbons (Fsp3) is 0.700. The van der Waals surface area contributed by atoms with Gasteiger partial charge in [-0.15, -0.1) is 0 Å². The second-order valence-corrected chi connectivity index (χ2v) is 3.71. The molecule has 0 spiro atoms. The molecule has 0 N–H and O–H groups in total. The number of carbonyl (C=O) groups excluding carboxylic acids is 1. The Morgan fingerprint density at radius 1 is 1.45 bits per heavy atom. The number of fused-ring (bicyclic) bond motifs is 2. The number of ketones is 1. The molecule has 0 heterocycles. The van der Waals surface area contributed by atoms with Crippen LogP contribution in [0.3, 0.4) is 0 Å². The van der Waals surface area contributed by atoms with E-state index < -0.39 is 0 Å². The minimum atomic E-state index is 0.384. The Bertz CT molecular complexity index is 205. The highest BCUT2D eigenvalue weighted by Crippen LogP contribution is 2.43. The molecule has 2 aliphatic carbocycles. The Hall–Kier alpha value is -0.590. The summed E-state index contributed by atoms with van der Waals surface area (Å²) in [6.45, 7) is 1.97. The molecule has 0 aromatic rings. The van der Waals surface area contributed by atoms with Crippen LogP contribution in [0, 0.1) is 17.8 Å². The molecular weight excluding hydrogens is 136 g/mol. The Labute approximate surface area is 67.5 Å². The Morgan fingerprint density at radius 3 is 2.73 bits per heavy atom. The maximum absolute atomic E-state index is 11.4. The minimum absolute atomic E-state index is 0.384. The first kappa shape index (κ1) is 7.08. The monoisotopic (exact) mass is 150 g/mol. The third kappa shape index (κ3) is 1.03. The molecule has 0 aromatic heterocycles. The molecule has 0 saturated heterocycles. The van der Waals surface area contributed by atoms with Crippen molar-refractivity contribution in [1.82, 2.24) is 0 Å². The van der Waals surface area contributed by atoms with E-state index in [0.29, 0.717) is 17.6 Å². The molecule has 1 heteroatoms. The van der Waals surface area contributed by atoms with Crippen molar-refractivity contribution in [3.05, 3.63) is 12.2 Å². The lowest BCUT2D eigenvalue weighted by atomic mass is 9.89. The maximum Gasteiger partial charge on any atom is 0.136 e. The number of hydrogen-bond donors (Lipinski definition) is 0. The molecule has 2 aliphatic rings. The summed E-state index contributed by atoms with van der Waals surface area (Å²) < 4.78 is 0. The quantitative estimate of drug-likeness (QED) is 0.551. The molecule has 1 saturated carbocycles. The fourth-order valence-electron chi connectivity index (χ4n) is 2.41. The second kappa shape index (κ2) is 2.47. The van der Waals surface area contributed by atoms with E-state index in [1.165, 1.54) is 6.42 Å². The number of rotatable bonds is 2. The Morgan fingerprint density at radius 2 is 2.27 bits per heavy atom. The van der Waals surface area contributed by atoms with Crippen molar-refractivity contribution in [3.63, 3.8) is 0 Å². The van der Waals surface area contributed by atoms with Crippen molar-refractivity contribution in [2.45, 2.75) is 26.2 Å². The van der Waals surface area contributed by atoms with Gasteiger partial charge in [0.1, 0.15) is 5.78 Å². The van der Waals surface area contributed by atoms with Crippen LogP contribution in [-0.4, -0.2) is 5.78 Å². The molecule has 1 fully saturated rings. The van der Waals surface area contributed by atoms with Gasteiger partial charge in [0.25, 0.3) is 0 Å². The third-order valence-electron chi connectivity index (χ3n) is 3.04. The second-order valence-electron chi connectivity index (χ2n) is 3.71. The normalized spacial score (nSPS) is 39.9. The number of carbonyl (C=O) groups is 1. The van der Waals surface area contributed by atoms with E-state index in [1.807, 2.05) is 6.92 Å². The van der Waals surface area contributed by atoms with Crippen LogP contribution in [0.1, 0.15) is 26.2 Å². The van der Waals surface area contributed by atoms with Crippen molar-refractivity contribution in [2.75, 3.05) is 0 Å². The topological polar surface area (TPSA) is 17.1 Å². The maximum atomic E-state index is 11.4. The third-order valence-corrected chi connectivity index (χ3v) is 3.04. The van der Waals surface area contributed by atoms with Crippen LogP contribution in [-0.2, 0) is 4.79 Å². The molecule has 0 amide bonds. The van der Waals surface area contributed by atoms with Gasteiger partial charge in [-0.25, -0.2) is 0 Å². The van der Waals surface area contributed by atoms with Gasteiger partial charge in [0, 0.05) is 12.3 Å². The van der Waals surface area contributed by atoms with E-state index in [4.69, 9.17) is 0 Å². The molecule has 3 atom stereocenters. The van der Waals surface area contributed by atoms with E-state index in [1.54, 1.807) is 0 Å². The highest BCUT2D eigenvalue weighted by atomic mass is 16.1. The standard InChI is InChI=1S/C10H14O/c1-2-10(11)9-6-7-3-4-8(9)5-7/h3-4,7-9H,2,5-6H2,1H3/t7-,8+,9+/m1/s1.